The average molecular weight is 343 g/mol. The molecule has 2 aromatic heterocycles. The lowest BCUT2D eigenvalue weighted by molar-refractivity contribution is 0.102. The molecule has 0 unspecified atom stereocenters. The highest BCUT2D eigenvalue weighted by atomic mass is 32.2. The number of nitrogens with one attached hydrogen (secondary N) is 1. The van der Waals surface area contributed by atoms with Gasteiger partial charge in [-0.3, -0.25) is 9.89 Å². The predicted octanol–water partition coefficient (Wildman–Crippen LogP) is 3.99. The van der Waals surface area contributed by atoms with Crippen LogP contribution in [0.4, 0.5) is 0 Å². The van der Waals surface area contributed by atoms with E-state index in [2.05, 4.69) is 28.2 Å². The van der Waals surface area contributed by atoms with Crippen molar-refractivity contribution in [3.05, 3.63) is 63.6 Å². The Morgan fingerprint density at radius 3 is 2.78 bits per heavy atom. The zero-order valence-electron chi connectivity index (χ0n) is 12.8. The molecule has 4 nitrogen and oxygen atoms in total. The summed E-state index contributed by atoms with van der Waals surface area (Å²) in [7, 11) is 0. The minimum Gasteiger partial charge on any atom is -0.293 e. The summed E-state index contributed by atoms with van der Waals surface area (Å²) >= 11 is 3.06. The molecule has 23 heavy (non-hydrogen) atoms. The van der Waals surface area contributed by atoms with Gasteiger partial charge in [0.15, 0.2) is 5.78 Å². The number of thioether (sulfide) groups is 1. The Bertz CT molecular complexity index is 764. The molecule has 118 valence electrons. The van der Waals surface area contributed by atoms with Gasteiger partial charge in [0, 0.05) is 16.9 Å². The maximum atomic E-state index is 12.2. The van der Waals surface area contributed by atoms with E-state index in [0.717, 1.165) is 24.2 Å². The third-order valence-corrected chi connectivity index (χ3v) is 5.17. The normalized spacial score (nSPS) is 10.8. The molecule has 2 heterocycles. The van der Waals surface area contributed by atoms with Crippen molar-refractivity contribution < 1.29 is 4.79 Å². The molecule has 0 atom stereocenters. The van der Waals surface area contributed by atoms with Crippen LogP contribution in [0.25, 0.3) is 0 Å². The van der Waals surface area contributed by atoms with E-state index in [1.165, 1.54) is 22.2 Å². The topological polar surface area (TPSA) is 58.6 Å². The molecule has 0 fully saturated rings. The summed E-state index contributed by atoms with van der Waals surface area (Å²) in [5.74, 6) is 1.28. The van der Waals surface area contributed by atoms with E-state index in [-0.39, 0.29) is 5.78 Å². The highest BCUT2D eigenvalue weighted by molar-refractivity contribution is 7.99. The molecule has 0 saturated carbocycles. The van der Waals surface area contributed by atoms with E-state index >= 15 is 0 Å². The quantitative estimate of drug-likeness (QED) is 0.520. The Kier molecular flexibility index (Phi) is 5.25. The summed E-state index contributed by atoms with van der Waals surface area (Å²) in [5, 5.41) is 9.77. The molecule has 0 saturated heterocycles. The fraction of sp³-hybridized carbons (Fsp3) is 0.235. The van der Waals surface area contributed by atoms with Crippen molar-refractivity contribution in [2.75, 3.05) is 5.75 Å². The molecule has 3 aromatic rings. The Morgan fingerprint density at radius 1 is 1.26 bits per heavy atom. The van der Waals surface area contributed by atoms with Crippen molar-refractivity contribution in [3.63, 3.8) is 0 Å². The van der Waals surface area contributed by atoms with Crippen molar-refractivity contribution in [2.24, 2.45) is 0 Å². The summed E-state index contributed by atoms with van der Waals surface area (Å²) in [6.45, 7) is 2.10. The minimum absolute atomic E-state index is 0.0993. The number of carbonyl (C=O) groups excluding carboxylic acids is 1. The largest absolute Gasteiger partial charge is 0.293 e. The van der Waals surface area contributed by atoms with Gasteiger partial charge in [-0.1, -0.05) is 49.0 Å². The molecule has 0 amide bonds. The minimum atomic E-state index is 0.0993. The van der Waals surface area contributed by atoms with Gasteiger partial charge in [-0.25, -0.2) is 4.98 Å². The summed E-state index contributed by atoms with van der Waals surface area (Å²) in [4.78, 5) is 17.9. The van der Waals surface area contributed by atoms with Crippen LogP contribution in [0.2, 0.25) is 0 Å². The molecule has 3 rings (SSSR count). The average Bonchev–Trinajstić information content (AvgIpc) is 3.25. The monoisotopic (exact) mass is 343 g/mol. The van der Waals surface area contributed by atoms with Crippen LogP contribution in [-0.2, 0) is 12.8 Å². The Hall–Kier alpha value is -1.92. The van der Waals surface area contributed by atoms with Crippen LogP contribution in [0.3, 0.4) is 0 Å². The van der Waals surface area contributed by atoms with E-state index in [0.29, 0.717) is 10.9 Å². The molecule has 0 aliphatic carbocycles. The van der Waals surface area contributed by atoms with E-state index in [1.54, 1.807) is 11.3 Å². The van der Waals surface area contributed by atoms with Gasteiger partial charge >= 0.3 is 0 Å². The van der Waals surface area contributed by atoms with Gasteiger partial charge in [0.05, 0.1) is 5.75 Å². The lowest BCUT2D eigenvalue weighted by Gasteiger charge is -2.01. The SMILES string of the molecule is CCc1ccc(C(=O)CSc2n[nH]c(Cc3cccs3)n2)cc1. The van der Waals surface area contributed by atoms with Gasteiger partial charge in [0.2, 0.25) is 5.16 Å². The van der Waals surface area contributed by atoms with Crippen LogP contribution < -0.4 is 0 Å². The van der Waals surface area contributed by atoms with Gasteiger partial charge in [0.25, 0.3) is 0 Å². The maximum Gasteiger partial charge on any atom is 0.208 e. The molecule has 6 heteroatoms. The number of nitrogens with zero attached hydrogens (tertiary/aromatic N) is 2. The molecule has 0 radical (unpaired) electrons. The number of rotatable bonds is 7. The summed E-state index contributed by atoms with van der Waals surface area (Å²) in [5.41, 5.74) is 1.98. The molecule has 0 bridgehead atoms. The molecule has 1 N–H and O–H groups in total. The van der Waals surface area contributed by atoms with Gasteiger partial charge in [-0.2, -0.15) is 0 Å². The first kappa shape index (κ1) is 16.0. The third-order valence-electron chi connectivity index (χ3n) is 3.45. The number of aromatic amines is 1. The first-order valence-corrected chi connectivity index (χ1v) is 9.29. The first-order chi connectivity index (χ1) is 11.2. The number of H-pyrrole nitrogens is 1. The first-order valence-electron chi connectivity index (χ1n) is 7.43. The third kappa shape index (κ3) is 4.30. The van der Waals surface area contributed by atoms with Crippen LogP contribution in [-0.4, -0.2) is 26.7 Å². The number of hydrogen-bond acceptors (Lipinski definition) is 5. The van der Waals surface area contributed by atoms with Crippen LogP contribution in [0.5, 0.6) is 0 Å². The smallest absolute Gasteiger partial charge is 0.208 e. The lowest BCUT2D eigenvalue weighted by atomic mass is 10.1. The fourth-order valence-electron chi connectivity index (χ4n) is 2.14. The zero-order valence-corrected chi connectivity index (χ0v) is 14.4. The summed E-state index contributed by atoms with van der Waals surface area (Å²) in [6.07, 6.45) is 1.73. The van der Waals surface area contributed by atoms with E-state index in [1.807, 2.05) is 35.7 Å². The highest BCUT2D eigenvalue weighted by Crippen LogP contribution is 2.17. The second-order valence-corrected chi connectivity index (χ2v) is 7.06. The second kappa shape index (κ2) is 7.57. The number of thiophene rings is 1. The number of aromatic nitrogens is 3. The Morgan fingerprint density at radius 2 is 2.09 bits per heavy atom. The van der Waals surface area contributed by atoms with Crippen LogP contribution >= 0.6 is 23.1 Å². The van der Waals surface area contributed by atoms with Crippen molar-refractivity contribution in [1.82, 2.24) is 15.2 Å². The molecule has 0 spiro atoms. The van der Waals surface area contributed by atoms with Gasteiger partial charge in [-0.05, 0) is 23.4 Å². The maximum absolute atomic E-state index is 12.2. The zero-order chi connectivity index (χ0) is 16.1. The summed E-state index contributed by atoms with van der Waals surface area (Å²) < 4.78 is 0. The predicted molar refractivity (Wildman–Crippen MR) is 94.4 cm³/mol. The van der Waals surface area contributed by atoms with Crippen molar-refractivity contribution in [1.29, 1.82) is 0 Å². The number of aryl methyl sites for hydroxylation is 1. The molecule has 0 aliphatic rings. The van der Waals surface area contributed by atoms with E-state index < -0.39 is 0 Å². The number of Topliss-reactive ketones (excluding diaryl/α,β-unsaturated/α-hetero) is 1. The number of ketones is 1. The van der Waals surface area contributed by atoms with Crippen molar-refractivity contribution in [3.8, 4) is 0 Å². The van der Waals surface area contributed by atoms with Gasteiger partial charge < -0.3 is 0 Å². The Labute approximate surface area is 143 Å². The standard InChI is InChI=1S/C17H17N3OS2/c1-2-12-5-7-13(8-6-12)15(21)11-23-17-18-16(19-20-17)10-14-4-3-9-22-14/h3-9H,2,10-11H2,1H3,(H,18,19,20). The fourth-order valence-corrected chi connectivity index (χ4v) is 3.56. The van der Waals surface area contributed by atoms with Crippen molar-refractivity contribution >= 4 is 28.9 Å². The molecular weight excluding hydrogens is 326 g/mol. The highest BCUT2D eigenvalue weighted by Gasteiger charge is 2.10. The molecular formula is C17H17N3OS2. The second-order valence-electron chi connectivity index (χ2n) is 5.08. The van der Waals surface area contributed by atoms with Crippen LogP contribution in [0.15, 0.2) is 46.9 Å². The number of hydrogen-bond donors (Lipinski definition) is 1. The Balaban J connectivity index is 1.55. The molecule has 1 aromatic carbocycles. The number of benzene rings is 1. The van der Waals surface area contributed by atoms with Crippen LogP contribution in [0, 0.1) is 0 Å². The van der Waals surface area contributed by atoms with Gasteiger partial charge in [0.1, 0.15) is 5.82 Å². The van der Waals surface area contributed by atoms with Crippen molar-refractivity contribution in [2.45, 2.75) is 24.9 Å². The lowest BCUT2D eigenvalue weighted by Crippen LogP contribution is -2.02. The molecule has 0 aliphatic heterocycles. The van der Waals surface area contributed by atoms with Crippen LogP contribution in [0.1, 0.15) is 33.5 Å². The van der Waals surface area contributed by atoms with E-state index in [4.69, 9.17) is 0 Å². The van der Waals surface area contributed by atoms with E-state index in [9.17, 15) is 4.79 Å². The summed E-state index contributed by atoms with van der Waals surface area (Å²) in [6, 6.07) is 11.9. The van der Waals surface area contributed by atoms with Gasteiger partial charge in [-0.15, -0.1) is 16.4 Å². The number of carbonyl (C=O) groups is 1.